The number of furan rings is 1. The maximum Gasteiger partial charge on any atom is 0.345 e. The summed E-state index contributed by atoms with van der Waals surface area (Å²) in [7, 11) is 0. The van der Waals surface area contributed by atoms with Gasteiger partial charge in [0.05, 0.1) is 18.2 Å². The number of aromatic nitrogens is 2. The minimum Gasteiger partial charge on any atom is -0.472 e. The van der Waals surface area contributed by atoms with Gasteiger partial charge in [-0.3, -0.25) is 0 Å². The second-order valence-corrected chi connectivity index (χ2v) is 2.30. The van der Waals surface area contributed by atoms with Crippen LogP contribution in [-0.2, 0) is 0 Å². The maximum atomic E-state index is 10.8. The van der Waals surface area contributed by atoms with Gasteiger partial charge in [0.15, 0.2) is 0 Å². The first-order valence-electron chi connectivity index (χ1n) is 3.44. The van der Waals surface area contributed by atoms with Crippen molar-refractivity contribution in [3.8, 4) is 11.3 Å². The van der Waals surface area contributed by atoms with Crippen molar-refractivity contribution < 1.29 is 4.42 Å². The van der Waals surface area contributed by atoms with E-state index in [4.69, 9.17) is 4.42 Å². The van der Waals surface area contributed by atoms with E-state index in [1.54, 1.807) is 24.7 Å². The molecular formula is C8H6N2O2. The molecule has 0 aliphatic rings. The Hall–Kier alpha value is -1.84. The molecule has 0 atom stereocenters. The Labute approximate surface area is 67.9 Å². The molecule has 4 heteroatoms. The molecule has 0 amide bonds. The summed E-state index contributed by atoms with van der Waals surface area (Å²) >= 11 is 0. The van der Waals surface area contributed by atoms with Crippen molar-refractivity contribution in [2.75, 3.05) is 0 Å². The molecule has 4 nitrogen and oxygen atoms in total. The average Bonchev–Trinajstić information content (AvgIpc) is 2.56. The highest BCUT2D eigenvalue weighted by Gasteiger charge is 1.98. The zero-order valence-electron chi connectivity index (χ0n) is 6.15. The number of nitrogens with zero attached hydrogens (tertiary/aromatic N) is 1. The number of nitrogens with one attached hydrogen (secondary N) is 1. The summed E-state index contributed by atoms with van der Waals surface area (Å²) in [4.78, 5) is 16.9. The molecule has 0 spiro atoms. The molecule has 12 heavy (non-hydrogen) atoms. The third kappa shape index (κ3) is 1.14. The van der Waals surface area contributed by atoms with Crippen LogP contribution in [0.25, 0.3) is 11.3 Å². The molecule has 0 bridgehead atoms. The minimum absolute atomic E-state index is 0.353. The van der Waals surface area contributed by atoms with E-state index in [2.05, 4.69) is 9.97 Å². The van der Waals surface area contributed by atoms with Gasteiger partial charge in [0.1, 0.15) is 0 Å². The fourth-order valence-electron chi connectivity index (χ4n) is 0.955. The second kappa shape index (κ2) is 2.65. The molecule has 60 valence electrons. The Morgan fingerprint density at radius 1 is 1.42 bits per heavy atom. The highest BCUT2D eigenvalue weighted by Crippen LogP contribution is 2.13. The highest BCUT2D eigenvalue weighted by molar-refractivity contribution is 5.55. The Morgan fingerprint density at radius 3 is 3.00 bits per heavy atom. The Bertz CT molecular complexity index is 417. The summed E-state index contributed by atoms with van der Waals surface area (Å²) in [6.45, 7) is 0. The van der Waals surface area contributed by atoms with Crippen molar-refractivity contribution in [2.45, 2.75) is 0 Å². The number of H-pyrrole nitrogens is 1. The van der Waals surface area contributed by atoms with Crippen molar-refractivity contribution in [3.63, 3.8) is 0 Å². The predicted octanol–water partition coefficient (Wildman–Crippen LogP) is 1.03. The van der Waals surface area contributed by atoms with Crippen LogP contribution in [0.3, 0.4) is 0 Å². The SMILES string of the molecule is O=c1nccc(-c2ccoc2)[nH]1. The van der Waals surface area contributed by atoms with Gasteiger partial charge in [-0.15, -0.1) is 0 Å². The zero-order chi connectivity index (χ0) is 8.39. The Kier molecular flexibility index (Phi) is 1.51. The van der Waals surface area contributed by atoms with E-state index in [9.17, 15) is 4.79 Å². The van der Waals surface area contributed by atoms with Crippen LogP contribution in [-0.4, -0.2) is 9.97 Å². The average molecular weight is 162 g/mol. The highest BCUT2D eigenvalue weighted by atomic mass is 16.3. The normalized spacial score (nSPS) is 10.0. The second-order valence-electron chi connectivity index (χ2n) is 2.30. The van der Waals surface area contributed by atoms with Crippen LogP contribution in [0.2, 0.25) is 0 Å². The minimum atomic E-state index is -0.353. The quantitative estimate of drug-likeness (QED) is 0.681. The summed E-state index contributed by atoms with van der Waals surface area (Å²) in [5.74, 6) is 0. The molecular weight excluding hydrogens is 156 g/mol. The van der Waals surface area contributed by atoms with E-state index in [0.29, 0.717) is 5.69 Å². The van der Waals surface area contributed by atoms with Crippen molar-refractivity contribution in [1.29, 1.82) is 0 Å². The summed E-state index contributed by atoms with van der Waals surface area (Å²) in [5, 5.41) is 0. The fourth-order valence-corrected chi connectivity index (χ4v) is 0.955. The van der Waals surface area contributed by atoms with E-state index < -0.39 is 0 Å². The van der Waals surface area contributed by atoms with E-state index in [1.807, 2.05) is 0 Å². The van der Waals surface area contributed by atoms with Gasteiger partial charge in [0.25, 0.3) is 0 Å². The number of hydrogen-bond donors (Lipinski definition) is 1. The van der Waals surface area contributed by atoms with E-state index in [-0.39, 0.29) is 5.69 Å². The first-order valence-corrected chi connectivity index (χ1v) is 3.44. The van der Waals surface area contributed by atoms with Crippen LogP contribution in [0.1, 0.15) is 0 Å². The maximum absolute atomic E-state index is 10.8. The summed E-state index contributed by atoms with van der Waals surface area (Å²) in [6.07, 6.45) is 4.57. The summed E-state index contributed by atoms with van der Waals surface area (Å²) < 4.78 is 4.87. The number of hydrogen-bond acceptors (Lipinski definition) is 3. The smallest absolute Gasteiger partial charge is 0.345 e. The van der Waals surface area contributed by atoms with Crippen LogP contribution in [0, 0.1) is 0 Å². The third-order valence-electron chi connectivity index (χ3n) is 1.51. The van der Waals surface area contributed by atoms with E-state index in [0.717, 1.165) is 5.56 Å². The Balaban J connectivity index is 2.55. The van der Waals surface area contributed by atoms with Crippen molar-refractivity contribution in [2.24, 2.45) is 0 Å². The monoisotopic (exact) mass is 162 g/mol. The molecule has 0 unspecified atom stereocenters. The lowest BCUT2D eigenvalue weighted by molar-refractivity contribution is 0.568. The first-order chi connectivity index (χ1) is 5.86. The molecule has 0 aromatic carbocycles. The lowest BCUT2D eigenvalue weighted by atomic mass is 10.2. The molecule has 0 saturated carbocycles. The van der Waals surface area contributed by atoms with Gasteiger partial charge >= 0.3 is 5.69 Å². The van der Waals surface area contributed by atoms with Gasteiger partial charge in [-0.25, -0.2) is 9.78 Å². The standard InChI is InChI=1S/C8H6N2O2/c11-8-9-3-1-7(10-8)6-2-4-12-5-6/h1-5H,(H,9,10,11). The molecule has 0 saturated heterocycles. The number of aromatic amines is 1. The molecule has 2 aromatic heterocycles. The summed E-state index contributed by atoms with van der Waals surface area (Å²) in [6, 6.07) is 3.48. The van der Waals surface area contributed by atoms with Gasteiger partial charge in [-0.1, -0.05) is 0 Å². The molecule has 0 fully saturated rings. The molecule has 2 aromatic rings. The molecule has 1 N–H and O–H groups in total. The molecule has 0 radical (unpaired) electrons. The van der Waals surface area contributed by atoms with Crippen LogP contribution in [0.5, 0.6) is 0 Å². The third-order valence-corrected chi connectivity index (χ3v) is 1.51. The first kappa shape index (κ1) is 6.84. The van der Waals surface area contributed by atoms with Gasteiger partial charge in [-0.2, -0.15) is 0 Å². The van der Waals surface area contributed by atoms with E-state index in [1.165, 1.54) is 6.20 Å². The topological polar surface area (TPSA) is 58.9 Å². The van der Waals surface area contributed by atoms with E-state index >= 15 is 0 Å². The van der Waals surface area contributed by atoms with Crippen LogP contribution in [0.15, 0.2) is 40.1 Å². The van der Waals surface area contributed by atoms with Gasteiger partial charge < -0.3 is 9.40 Å². The molecule has 0 aliphatic heterocycles. The Morgan fingerprint density at radius 2 is 2.33 bits per heavy atom. The van der Waals surface area contributed by atoms with Gasteiger partial charge in [0.2, 0.25) is 0 Å². The van der Waals surface area contributed by atoms with Gasteiger partial charge in [0, 0.05) is 11.8 Å². The van der Waals surface area contributed by atoms with Gasteiger partial charge in [-0.05, 0) is 12.1 Å². The van der Waals surface area contributed by atoms with Crippen LogP contribution < -0.4 is 5.69 Å². The lowest BCUT2D eigenvalue weighted by Crippen LogP contribution is -2.08. The largest absolute Gasteiger partial charge is 0.472 e. The summed E-state index contributed by atoms with van der Waals surface area (Å²) in [5.41, 5.74) is 1.20. The fraction of sp³-hybridized carbons (Fsp3) is 0. The number of rotatable bonds is 1. The van der Waals surface area contributed by atoms with Crippen LogP contribution in [0.4, 0.5) is 0 Å². The predicted molar refractivity (Wildman–Crippen MR) is 42.6 cm³/mol. The molecule has 2 heterocycles. The zero-order valence-corrected chi connectivity index (χ0v) is 6.15. The molecule has 2 rings (SSSR count). The van der Waals surface area contributed by atoms with Crippen molar-refractivity contribution >= 4 is 0 Å². The van der Waals surface area contributed by atoms with Crippen LogP contribution >= 0.6 is 0 Å². The molecule has 0 aliphatic carbocycles. The lowest BCUT2D eigenvalue weighted by Gasteiger charge is -1.92. The van der Waals surface area contributed by atoms with Crippen molar-refractivity contribution in [1.82, 2.24) is 9.97 Å². The van der Waals surface area contributed by atoms with Crippen molar-refractivity contribution in [3.05, 3.63) is 41.3 Å².